The van der Waals surface area contributed by atoms with Crippen LogP contribution >= 0.6 is 0 Å². The molecule has 21 heavy (non-hydrogen) atoms. The molecule has 120 valence electrons. The SMILES string of the molecule is CC(O)CC(C)CNC(=O)Nc1cnn(CCN(C)C)c1. The van der Waals surface area contributed by atoms with Crippen LogP contribution in [0, 0.1) is 5.92 Å². The van der Waals surface area contributed by atoms with Crippen molar-refractivity contribution in [3.8, 4) is 0 Å². The number of carbonyl (C=O) groups is 1. The number of hydrogen-bond acceptors (Lipinski definition) is 4. The summed E-state index contributed by atoms with van der Waals surface area (Å²) in [5, 5.41) is 19.0. The van der Waals surface area contributed by atoms with E-state index in [0.29, 0.717) is 18.7 Å². The molecule has 2 amide bonds. The van der Waals surface area contributed by atoms with Crippen molar-refractivity contribution >= 4 is 11.7 Å². The zero-order valence-corrected chi connectivity index (χ0v) is 13.3. The lowest BCUT2D eigenvalue weighted by Crippen LogP contribution is -2.33. The molecule has 0 saturated carbocycles. The van der Waals surface area contributed by atoms with Crippen LogP contribution in [0.3, 0.4) is 0 Å². The monoisotopic (exact) mass is 297 g/mol. The first-order valence-corrected chi connectivity index (χ1v) is 7.27. The minimum atomic E-state index is -0.347. The molecule has 1 heterocycles. The molecule has 1 rings (SSSR count). The normalized spacial score (nSPS) is 14.0. The molecule has 7 heteroatoms. The van der Waals surface area contributed by atoms with Crippen molar-refractivity contribution < 1.29 is 9.90 Å². The molecule has 0 fully saturated rings. The Balaban J connectivity index is 2.31. The predicted octanol–water partition coefficient (Wildman–Crippen LogP) is 0.973. The van der Waals surface area contributed by atoms with Crippen LogP contribution in [-0.2, 0) is 6.54 Å². The first-order chi connectivity index (χ1) is 9.86. The van der Waals surface area contributed by atoms with Gasteiger partial charge >= 0.3 is 6.03 Å². The number of anilines is 1. The summed E-state index contributed by atoms with van der Waals surface area (Å²) in [6.07, 6.45) is 3.76. The molecule has 0 saturated heterocycles. The first kappa shape index (κ1) is 17.5. The largest absolute Gasteiger partial charge is 0.393 e. The van der Waals surface area contributed by atoms with Gasteiger partial charge in [0.2, 0.25) is 0 Å². The molecule has 2 atom stereocenters. The van der Waals surface area contributed by atoms with E-state index in [-0.39, 0.29) is 18.1 Å². The fraction of sp³-hybridized carbons (Fsp3) is 0.714. The molecule has 1 aromatic rings. The third-order valence-electron chi connectivity index (χ3n) is 3.02. The second-order valence-corrected chi connectivity index (χ2v) is 5.82. The average molecular weight is 297 g/mol. The first-order valence-electron chi connectivity index (χ1n) is 7.27. The van der Waals surface area contributed by atoms with Crippen LogP contribution in [0.1, 0.15) is 20.3 Å². The molecule has 0 aliphatic carbocycles. The van der Waals surface area contributed by atoms with Gasteiger partial charge in [-0.1, -0.05) is 6.92 Å². The minimum Gasteiger partial charge on any atom is -0.393 e. The molecule has 1 aromatic heterocycles. The van der Waals surface area contributed by atoms with Gasteiger partial charge in [-0.15, -0.1) is 0 Å². The Bertz CT molecular complexity index is 431. The van der Waals surface area contributed by atoms with Crippen LogP contribution in [0.4, 0.5) is 10.5 Å². The topological polar surface area (TPSA) is 82.4 Å². The summed E-state index contributed by atoms with van der Waals surface area (Å²) in [6, 6.07) is -0.250. The zero-order valence-electron chi connectivity index (χ0n) is 13.3. The summed E-state index contributed by atoms with van der Waals surface area (Å²) in [4.78, 5) is 13.8. The van der Waals surface area contributed by atoms with Crippen molar-refractivity contribution in [3.63, 3.8) is 0 Å². The van der Waals surface area contributed by atoms with Gasteiger partial charge in [0, 0.05) is 19.3 Å². The van der Waals surface area contributed by atoms with Crippen LogP contribution < -0.4 is 10.6 Å². The Kier molecular flexibility index (Phi) is 7.18. The van der Waals surface area contributed by atoms with Crippen LogP contribution in [0.15, 0.2) is 12.4 Å². The van der Waals surface area contributed by atoms with E-state index >= 15 is 0 Å². The van der Waals surface area contributed by atoms with Gasteiger partial charge < -0.3 is 20.6 Å². The van der Waals surface area contributed by atoms with Crippen LogP contribution in [0.5, 0.6) is 0 Å². The molecular formula is C14H27N5O2. The summed E-state index contributed by atoms with van der Waals surface area (Å²) < 4.78 is 1.80. The van der Waals surface area contributed by atoms with E-state index in [9.17, 15) is 9.90 Å². The maximum absolute atomic E-state index is 11.7. The number of aromatic nitrogens is 2. The average Bonchev–Trinajstić information content (AvgIpc) is 2.81. The molecule has 0 radical (unpaired) electrons. The lowest BCUT2D eigenvalue weighted by Gasteiger charge is -2.14. The van der Waals surface area contributed by atoms with Gasteiger partial charge in [-0.25, -0.2) is 4.79 Å². The number of amides is 2. The highest BCUT2D eigenvalue weighted by molar-refractivity contribution is 5.88. The maximum Gasteiger partial charge on any atom is 0.319 e. The van der Waals surface area contributed by atoms with Crippen LogP contribution in [0.25, 0.3) is 0 Å². The Labute approximate surface area is 126 Å². The van der Waals surface area contributed by atoms with Crippen molar-refractivity contribution in [2.24, 2.45) is 5.92 Å². The number of carbonyl (C=O) groups excluding carboxylic acids is 1. The van der Waals surface area contributed by atoms with E-state index in [2.05, 4.69) is 20.6 Å². The van der Waals surface area contributed by atoms with Crippen molar-refractivity contribution in [2.45, 2.75) is 32.9 Å². The number of likely N-dealkylation sites (N-methyl/N-ethyl adjacent to an activating group) is 1. The number of rotatable bonds is 8. The van der Waals surface area contributed by atoms with E-state index in [4.69, 9.17) is 0 Å². The van der Waals surface area contributed by atoms with Crippen molar-refractivity contribution in [2.75, 3.05) is 32.5 Å². The quantitative estimate of drug-likeness (QED) is 0.668. The molecule has 0 spiro atoms. The molecule has 0 aromatic carbocycles. The Morgan fingerprint density at radius 3 is 2.81 bits per heavy atom. The van der Waals surface area contributed by atoms with Crippen LogP contribution in [0.2, 0.25) is 0 Å². The summed E-state index contributed by atoms with van der Waals surface area (Å²) in [5.41, 5.74) is 0.675. The molecule has 3 N–H and O–H groups in total. The van der Waals surface area contributed by atoms with Crippen molar-refractivity contribution in [3.05, 3.63) is 12.4 Å². The maximum atomic E-state index is 11.7. The lowest BCUT2D eigenvalue weighted by molar-refractivity contribution is 0.163. The van der Waals surface area contributed by atoms with Crippen LogP contribution in [-0.4, -0.2) is 59.1 Å². The Hall–Kier alpha value is -1.60. The van der Waals surface area contributed by atoms with E-state index in [1.807, 2.05) is 27.2 Å². The molecule has 7 nitrogen and oxygen atoms in total. The van der Waals surface area contributed by atoms with E-state index in [0.717, 1.165) is 13.1 Å². The summed E-state index contributed by atoms with van der Waals surface area (Å²) in [6.45, 7) is 5.95. The van der Waals surface area contributed by atoms with Gasteiger partial charge in [0.05, 0.1) is 24.5 Å². The molecular weight excluding hydrogens is 270 g/mol. The number of nitrogens with one attached hydrogen (secondary N) is 2. The highest BCUT2D eigenvalue weighted by Gasteiger charge is 2.09. The fourth-order valence-corrected chi connectivity index (χ4v) is 1.96. The zero-order chi connectivity index (χ0) is 15.8. The Morgan fingerprint density at radius 1 is 1.48 bits per heavy atom. The summed E-state index contributed by atoms with van der Waals surface area (Å²) >= 11 is 0. The fourth-order valence-electron chi connectivity index (χ4n) is 1.96. The number of urea groups is 1. The van der Waals surface area contributed by atoms with E-state index in [1.165, 1.54) is 0 Å². The van der Waals surface area contributed by atoms with E-state index < -0.39 is 0 Å². The third kappa shape index (κ3) is 7.67. The van der Waals surface area contributed by atoms with Gasteiger partial charge in [0.15, 0.2) is 0 Å². The standard InChI is InChI=1S/C14H27N5O2/c1-11(7-12(2)20)8-15-14(21)17-13-9-16-19(10-13)6-5-18(3)4/h9-12,20H,5-8H2,1-4H3,(H2,15,17,21). The van der Waals surface area contributed by atoms with Crippen molar-refractivity contribution in [1.82, 2.24) is 20.0 Å². The van der Waals surface area contributed by atoms with Gasteiger partial charge in [0.25, 0.3) is 0 Å². The second kappa shape index (κ2) is 8.63. The molecule has 2 unspecified atom stereocenters. The lowest BCUT2D eigenvalue weighted by atomic mass is 10.1. The van der Waals surface area contributed by atoms with Crippen molar-refractivity contribution in [1.29, 1.82) is 0 Å². The predicted molar refractivity (Wildman–Crippen MR) is 83.3 cm³/mol. The van der Waals surface area contributed by atoms with Gasteiger partial charge in [-0.05, 0) is 33.4 Å². The van der Waals surface area contributed by atoms with Gasteiger partial charge in [0.1, 0.15) is 0 Å². The Morgan fingerprint density at radius 2 is 2.19 bits per heavy atom. The summed E-state index contributed by atoms with van der Waals surface area (Å²) in [5.74, 6) is 0.235. The van der Waals surface area contributed by atoms with E-state index in [1.54, 1.807) is 17.8 Å². The number of hydrogen-bond donors (Lipinski definition) is 3. The summed E-state index contributed by atoms with van der Waals surface area (Å²) in [7, 11) is 4.01. The highest BCUT2D eigenvalue weighted by atomic mass is 16.3. The minimum absolute atomic E-state index is 0.235. The molecule has 0 aliphatic rings. The second-order valence-electron chi connectivity index (χ2n) is 5.82. The molecule has 0 bridgehead atoms. The number of nitrogens with zero attached hydrogens (tertiary/aromatic N) is 3. The molecule has 0 aliphatic heterocycles. The smallest absolute Gasteiger partial charge is 0.319 e. The number of aliphatic hydroxyl groups excluding tert-OH is 1. The van der Waals surface area contributed by atoms with Gasteiger partial charge in [-0.2, -0.15) is 5.10 Å². The highest BCUT2D eigenvalue weighted by Crippen LogP contribution is 2.06. The number of aliphatic hydroxyl groups is 1. The third-order valence-corrected chi connectivity index (χ3v) is 3.02. The van der Waals surface area contributed by atoms with Gasteiger partial charge in [-0.3, -0.25) is 4.68 Å².